The van der Waals surface area contributed by atoms with Gasteiger partial charge in [-0.05, 0) is 30.2 Å². The Bertz CT molecular complexity index is 921. The van der Waals surface area contributed by atoms with Crippen LogP contribution in [0.4, 0.5) is 5.69 Å². The molecule has 1 N–H and O–H groups in total. The van der Waals surface area contributed by atoms with Gasteiger partial charge in [0.25, 0.3) is 0 Å². The van der Waals surface area contributed by atoms with Crippen molar-refractivity contribution in [3.05, 3.63) is 66.4 Å². The fraction of sp³-hybridized carbons (Fsp3) is 0.273. The molecule has 3 aromatic rings. The fourth-order valence-electron chi connectivity index (χ4n) is 3.15. The largest absolute Gasteiger partial charge is 0.497 e. The number of nitrogens with zero attached hydrogens (tertiary/aromatic N) is 2. The molecule has 0 aliphatic heterocycles. The van der Waals surface area contributed by atoms with Gasteiger partial charge in [-0.25, -0.2) is 0 Å². The van der Waals surface area contributed by atoms with E-state index in [1.165, 1.54) is 0 Å². The highest BCUT2D eigenvalue weighted by atomic mass is 16.5. The van der Waals surface area contributed by atoms with Crippen molar-refractivity contribution in [3.63, 3.8) is 0 Å². The van der Waals surface area contributed by atoms with Gasteiger partial charge in [-0.1, -0.05) is 37.3 Å². The summed E-state index contributed by atoms with van der Waals surface area (Å²) in [4.78, 5) is 19.2. The fourth-order valence-corrected chi connectivity index (χ4v) is 3.15. The van der Waals surface area contributed by atoms with E-state index in [0.29, 0.717) is 13.0 Å². The summed E-state index contributed by atoms with van der Waals surface area (Å²) in [6.45, 7) is 2.52. The second-order valence-electron chi connectivity index (χ2n) is 6.52. The SMILES string of the molecule is CC[C@@H](Nc1cccc(OC)c1)C(=O)N(C)Cc1cccc2cccnc12. The zero-order valence-corrected chi connectivity index (χ0v) is 16.0. The predicted octanol–water partition coefficient (Wildman–Crippen LogP) is 4.09. The maximum absolute atomic E-state index is 13.0. The van der Waals surface area contributed by atoms with E-state index in [1.807, 2.05) is 68.6 Å². The molecule has 0 bridgehead atoms. The van der Waals surface area contributed by atoms with Gasteiger partial charge in [0.2, 0.25) is 5.91 Å². The summed E-state index contributed by atoms with van der Waals surface area (Å²) in [6, 6.07) is 17.3. The molecule has 1 atom stereocenters. The average molecular weight is 363 g/mol. The number of benzene rings is 2. The molecule has 0 radical (unpaired) electrons. The lowest BCUT2D eigenvalue weighted by Crippen LogP contribution is -2.40. The molecule has 1 aromatic heterocycles. The Hall–Kier alpha value is -3.08. The number of ether oxygens (including phenoxy) is 1. The number of nitrogens with one attached hydrogen (secondary N) is 1. The number of anilines is 1. The third-order valence-corrected chi connectivity index (χ3v) is 4.62. The van der Waals surface area contributed by atoms with E-state index >= 15 is 0 Å². The number of methoxy groups -OCH3 is 1. The third-order valence-electron chi connectivity index (χ3n) is 4.62. The first-order valence-electron chi connectivity index (χ1n) is 9.10. The second kappa shape index (κ2) is 8.54. The number of fused-ring (bicyclic) bond motifs is 1. The van der Waals surface area contributed by atoms with Crippen LogP contribution in [0.5, 0.6) is 5.75 Å². The summed E-state index contributed by atoms with van der Waals surface area (Å²) in [5, 5.41) is 4.40. The van der Waals surface area contributed by atoms with Crippen molar-refractivity contribution in [2.24, 2.45) is 0 Å². The summed E-state index contributed by atoms with van der Waals surface area (Å²) in [5.74, 6) is 0.811. The Morgan fingerprint density at radius 2 is 1.96 bits per heavy atom. The average Bonchev–Trinajstić information content (AvgIpc) is 2.72. The smallest absolute Gasteiger partial charge is 0.245 e. The zero-order valence-electron chi connectivity index (χ0n) is 16.0. The number of amides is 1. The van der Waals surface area contributed by atoms with Crippen molar-refractivity contribution in [3.8, 4) is 5.75 Å². The lowest BCUT2D eigenvalue weighted by molar-refractivity contribution is -0.131. The van der Waals surface area contributed by atoms with Crippen LogP contribution in [0.3, 0.4) is 0 Å². The molecule has 0 aliphatic carbocycles. The van der Waals surface area contributed by atoms with E-state index in [9.17, 15) is 4.79 Å². The van der Waals surface area contributed by atoms with Crippen molar-refractivity contribution < 1.29 is 9.53 Å². The van der Waals surface area contributed by atoms with Crippen LogP contribution in [0.2, 0.25) is 0 Å². The van der Waals surface area contributed by atoms with Crippen LogP contribution >= 0.6 is 0 Å². The summed E-state index contributed by atoms with van der Waals surface area (Å²) in [6.07, 6.45) is 2.47. The molecule has 140 valence electrons. The molecule has 0 saturated heterocycles. The van der Waals surface area contributed by atoms with Crippen molar-refractivity contribution in [1.29, 1.82) is 0 Å². The second-order valence-corrected chi connectivity index (χ2v) is 6.52. The highest BCUT2D eigenvalue weighted by Gasteiger charge is 2.21. The molecule has 27 heavy (non-hydrogen) atoms. The van der Waals surface area contributed by atoms with Crippen LogP contribution in [0.25, 0.3) is 10.9 Å². The predicted molar refractivity (Wildman–Crippen MR) is 109 cm³/mol. The van der Waals surface area contributed by atoms with Crippen LogP contribution in [-0.4, -0.2) is 36.0 Å². The molecule has 0 saturated carbocycles. The number of likely N-dealkylation sites (N-methyl/N-ethyl adjacent to an activating group) is 1. The maximum atomic E-state index is 13.0. The molecule has 1 heterocycles. The van der Waals surface area contributed by atoms with E-state index in [-0.39, 0.29) is 11.9 Å². The summed E-state index contributed by atoms with van der Waals surface area (Å²) >= 11 is 0. The minimum Gasteiger partial charge on any atom is -0.497 e. The quantitative estimate of drug-likeness (QED) is 0.687. The molecule has 1 amide bonds. The maximum Gasteiger partial charge on any atom is 0.245 e. The Kier molecular flexibility index (Phi) is 5.91. The number of hydrogen-bond donors (Lipinski definition) is 1. The van der Waals surface area contributed by atoms with Gasteiger partial charge in [-0.3, -0.25) is 9.78 Å². The molecule has 3 rings (SSSR count). The van der Waals surface area contributed by atoms with Gasteiger partial charge < -0.3 is 15.0 Å². The van der Waals surface area contributed by atoms with Gasteiger partial charge in [-0.15, -0.1) is 0 Å². The van der Waals surface area contributed by atoms with E-state index in [4.69, 9.17) is 4.74 Å². The van der Waals surface area contributed by atoms with Gasteiger partial charge in [0.15, 0.2) is 0 Å². The van der Waals surface area contributed by atoms with E-state index in [1.54, 1.807) is 18.2 Å². The van der Waals surface area contributed by atoms with Gasteiger partial charge in [0, 0.05) is 36.9 Å². The van der Waals surface area contributed by atoms with Gasteiger partial charge in [0.05, 0.1) is 12.6 Å². The third kappa shape index (κ3) is 4.37. The number of rotatable bonds is 7. The first kappa shape index (κ1) is 18.7. The summed E-state index contributed by atoms with van der Waals surface area (Å²) < 4.78 is 5.26. The highest BCUT2D eigenvalue weighted by Crippen LogP contribution is 2.20. The zero-order chi connectivity index (χ0) is 19.2. The number of para-hydroxylation sites is 1. The Labute approximate surface area is 160 Å². The standard InChI is InChI=1S/C22H25N3O2/c1-4-20(24-18-11-6-12-19(14-18)27-3)22(26)25(2)15-17-9-5-8-16-10-7-13-23-21(16)17/h5-14,20,24H,4,15H2,1-3H3/t20-/m1/s1. The summed E-state index contributed by atoms with van der Waals surface area (Å²) in [5.41, 5.74) is 2.85. The first-order valence-corrected chi connectivity index (χ1v) is 9.10. The first-order chi connectivity index (χ1) is 13.1. The molecule has 0 unspecified atom stereocenters. The summed E-state index contributed by atoms with van der Waals surface area (Å²) in [7, 11) is 3.47. The Morgan fingerprint density at radius 1 is 1.19 bits per heavy atom. The van der Waals surface area contributed by atoms with E-state index in [0.717, 1.165) is 27.9 Å². The lowest BCUT2D eigenvalue weighted by Gasteiger charge is -2.25. The molecule has 5 nitrogen and oxygen atoms in total. The van der Waals surface area contributed by atoms with Crippen LogP contribution in [-0.2, 0) is 11.3 Å². The Balaban J connectivity index is 1.74. The molecule has 2 aromatic carbocycles. The topological polar surface area (TPSA) is 54.5 Å². The Morgan fingerprint density at radius 3 is 2.74 bits per heavy atom. The van der Waals surface area contributed by atoms with E-state index < -0.39 is 0 Å². The molecule has 5 heteroatoms. The monoisotopic (exact) mass is 363 g/mol. The number of carbonyl (C=O) groups is 1. The highest BCUT2D eigenvalue weighted by molar-refractivity contribution is 5.86. The normalized spacial score (nSPS) is 11.8. The van der Waals surface area contributed by atoms with Crippen molar-refractivity contribution in [2.75, 3.05) is 19.5 Å². The van der Waals surface area contributed by atoms with Crippen LogP contribution < -0.4 is 10.1 Å². The van der Waals surface area contributed by atoms with Crippen LogP contribution in [0.1, 0.15) is 18.9 Å². The minimum atomic E-state index is -0.301. The van der Waals surface area contributed by atoms with E-state index in [2.05, 4.69) is 10.3 Å². The minimum absolute atomic E-state index is 0.0493. The van der Waals surface area contributed by atoms with Gasteiger partial charge >= 0.3 is 0 Å². The van der Waals surface area contributed by atoms with Gasteiger partial charge in [0.1, 0.15) is 11.8 Å². The molecular formula is C22H25N3O2. The van der Waals surface area contributed by atoms with Crippen LogP contribution in [0, 0.1) is 0 Å². The van der Waals surface area contributed by atoms with Crippen molar-refractivity contribution >= 4 is 22.5 Å². The number of aromatic nitrogens is 1. The number of pyridine rings is 1. The van der Waals surface area contributed by atoms with Crippen molar-refractivity contribution in [1.82, 2.24) is 9.88 Å². The number of hydrogen-bond acceptors (Lipinski definition) is 4. The molecule has 0 fully saturated rings. The number of carbonyl (C=O) groups excluding carboxylic acids is 1. The molecule has 0 spiro atoms. The molecule has 0 aliphatic rings. The lowest BCUT2D eigenvalue weighted by atomic mass is 10.1. The van der Waals surface area contributed by atoms with Crippen LogP contribution in [0.15, 0.2) is 60.8 Å². The van der Waals surface area contributed by atoms with Gasteiger partial charge in [-0.2, -0.15) is 0 Å². The van der Waals surface area contributed by atoms with Crippen molar-refractivity contribution in [2.45, 2.75) is 25.9 Å². The molecular weight excluding hydrogens is 338 g/mol.